The van der Waals surface area contributed by atoms with E-state index in [1.165, 1.54) is 0 Å². The van der Waals surface area contributed by atoms with Gasteiger partial charge in [-0.15, -0.1) is 0 Å². The molecule has 1 aliphatic rings. The number of nitriles is 1. The summed E-state index contributed by atoms with van der Waals surface area (Å²) in [5.74, 6) is 0.576. The van der Waals surface area contributed by atoms with Gasteiger partial charge in [-0.25, -0.2) is 4.79 Å². The van der Waals surface area contributed by atoms with Crippen molar-refractivity contribution in [3.05, 3.63) is 64.1 Å². The van der Waals surface area contributed by atoms with Crippen LogP contribution in [0, 0.1) is 11.3 Å². The van der Waals surface area contributed by atoms with Gasteiger partial charge in [-0.05, 0) is 23.8 Å². The number of ether oxygens (including phenoxy) is 2. The van der Waals surface area contributed by atoms with Crippen LogP contribution in [0.25, 0.3) is 0 Å². The second-order valence-electron chi connectivity index (χ2n) is 6.10. The third-order valence-corrected chi connectivity index (χ3v) is 4.76. The molecule has 1 amide bonds. The average molecular weight is 415 g/mol. The molecule has 0 bridgehead atoms. The molecule has 0 aromatic heterocycles. The molecule has 1 heterocycles. The van der Waals surface area contributed by atoms with Crippen LogP contribution in [-0.4, -0.2) is 30.2 Å². The minimum atomic E-state index is -0.299. The van der Waals surface area contributed by atoms with Gasteiger partial charge in [-0.2, -0.15) is 5.26 Å². The molecule has 6 heteroatoms. The van der Waals surface area contributed by atoms with Gasteiger partial charge in [0.15, 0.2) is 0 Å². The van der Waals surface area contributed by atoms with E-state index < -0.39 is 0 Å². The summed E-state index contributed by atoms with van der Waals surface area (Å²) in [7, 11) is 0. The van der Waals surface area contributed by atoms with Gasteiger partial charge in [-0.1, -0.05) is 46.3 Å². The van der Waals surface area contributed by atoms with Crippen molar-refractivity contribution >= 4 is 22.0 Å². The van der Waals surface area contributed by atoms with Crippen LogP contribution in [0.4, 0.5) is 4.79 Å². The van der Waals surface area contributed by atoms with Crippen LogP contribution in [-0.2, 0) is 11.3 Å². The summed E-state index contributed by atoms with van der Waals surface area (Å²) in [5, 5.41) is 9.19. The minimum absolute atomic E-state index is 0.0189. The minimum Gasteiger partial charge on any atom is -0.489 e. The maximum atomic E-state index is 12.2. The number of rotatable bonds is 4. The van der Waals surface area contributed by atoms with E-state index in [9.17, 15) is 10.1 Å². The van der Waals surface area contributed by atoms with E-state index in [2.05, 4.69) is 22.0 Å². The van der Waals surface area contributed by atoms with Crippen molar-refractivity contribution in [2.24, 2.45) is 0 Å². The first-order chi connectivity index (χ1) is 12.7. The van der Waals surface area contributed by atoms with Crippen molar-refractivity contribution in [2.75, 3.05) is 13.1 Å². The van der Waals surface area contributed by atoms with Crippen molar-refractivity contribution in [3.8, 4) is 11.8 Å². The van der Waals surface area contributed by atoms with Crippen LogP contribution in [0.2, 0.25) is 0 Å². The summed E-state index contributed by atoms with van der Waals surface area (Å²) >= 11 is 3.40. The molecule has 2 aromatic carbocycles. The molecular weight excluding hydrogens is 396 g/mol. The fraction of sp³-hybridized carbons (Fsp3) is 0.300. The Morgan fingerprint density at radius 2 is 1.92 bits per heavy atom. The molecular formula is C20H19BrN2O3. The van der Waals surface area contributed by atoms with Gasteiger partial charge in [0, 0.05) is 30.4 Å². The Morgan fingerprint density at radius 1 is 1.19 bits per heavy atom. The lowest BCUT2D eigenvalue weighted by atomic mass is 10.1. The van der Waals surface area contributed by atoms with Gasteiger partial charge in [0.25, 0.3) is 0 Å². The first-order valence-corrected chi connectivity index (χ1v) is 9.27. The SMILES string of the molecule is N#Cc1ccc(Br)cc1OC1CCN(C(=O)OCc2ccccc2)CC1. The lowest BCUT2D eigenvalue weighted by Gasteiger charge is -2.31. The molecule has 26 heavy (non-hydrogen) atoms. The number of hydrogen-bond donors (Lipinski definition) is 0. The van der Waals surface area contributed by atoms with Crippen LogP contribution in [0.3, 0.4) is 0 Å². The molecule has 3 rings (SSSR count). The van der Waals surface area contributed by atoms with Gasteiger partial charge >= 0.3 is 6.09 Å². The summed E-state index contributed by atoms with van der Waals surface area (Å²) in [5.41, 5.74) is 1.48. The second kappa shape index (κ2) is 8.72. The Labute approximate surface area is 161 Å². The van der Waals surface area contributed by atoms with E-state index in [0.29, 0.717) is 37.2 Å². The number of hydrogen-bond acceptors (Lipinski definition) is 4. The van der Waals surface area contributed by atoms with Crippen LogP contribution in [0.5, 0.6) is 5.75 Å². The maximum absolute atomic E-state index is 12.2. The van der Waals surface area contributed by atoms with Crippen LogP contribution in [0.15, 0.2) is 53.0 Å². The number of amides is 1. The number of halogens is 1. The zero-order valence-corrected chi connectivity index (χ0v) is 15.8. The fourth-order valence-corrected chi connectivity index (χ4v) is 3.17. The van der Waals surface area contributed by atoms with Crippen molar-refractivity contribution < 1.29 is 14.3 Å². The lowest BCUT2D eigenvalue weighted by molar-refractivity contribution is 0.0637. The number of carbonyl (C=O) groups excluding carboxylic acids is 1. The number of piperidine rings is 1. The molecule has 0 saturated carbocycles. The van der Waals surface area contributed by atoms with Gasteiger partial charge in [0.05, 0.1) is 5.56 Å². The van der Waals surface area contributed by atoms with Crippen LogP contribution in [0.1, 0.15) is 24.0 Å². The standard InChI is InChI=1S/C20H19BrN2O3/c21-17-7-6-16(13-22)19(12-17)26-18-8-10-23(11-9-18)20(24)25-14-15-4-2-1-3-5-15/h1-7,12,18H,8-11,14H2. The molecule has 134 valence electrons. The topological polar surface area (TPSA) is 62.6 Å². The van der Waals surface area contributed by atoms with E-state index >= 15 is 0 Å². The smallest absolute Gasteiger partial charge is 0.410 e. The number of benzene rings is 2. The Morgan fingerprint density at radius 3 is 2.62 bits per heavy atom. The van der Waals surface area contributed by atoms with Crippen molar-refractivity contribution in [2.45, 2.75) is 25.6 Å². The summed E-state index contributed by atoms with van der Waals surface area (Å²) in [6.45, 7) is 1.43. The van der Waals surface area contributed by atoms with E-state index in [0.717, 1.165) is 10.0 Å². The molecule has 0 aliphatic carbocycles. The van der Waals surface area contributed by atoms with Crippen molar-refractivity contribution in [1.82, 2.24) is 4.90 Å². The third kappa shape index (κ3) is 4.77. The second-order valence-corrected chi connectivity index (χ2v) is 7.01. The summed E-state index contributed by atoms with van der Waals surface area (Å²) in [6, 6.07) is 17.1. The van der Waals surface area contributed by atoms with Crippen molar-refractivity contribution in [1.29, 1.82) is 5.26 Å². The predicted octanol–water partition coefficient (Wildman–Crippen LogP) is 4.50. The predicted molar refractivity (Wildman–Crippen MR) is 101 cm³/mol. The van der Waals surface area contributed by atoms with Crippen molar-refractivity contribution in [3.63, 3.8) is 0 Å². The zero-order valence-electron chi connectivity index (χ0n) is 14.2. The van der Waals surface area contributed by atoms with Crippen LogP contribution >= 0.6 is 15.9 Å². The summed E-state index contributed by atoms with van der Waals surface area (Å²) in [6.07, 6.45) is 1.09. The first kappa shape index (κ1) is 18.3. The van der Waals surface area contributed by atoms with E-state index in [1.807, 2.05) is 36.4 Å². The molecule has 1 aliphatic heterocycles. The molecule has 0 N–H and O–H groups in total. The Kier molecular flexibility index (Phi) is 6.13. The molecule has 1 fully saturated rings. The highest BCUT2D eigenvalue weighted by Gasteiger charge is 2.25. The highest BCUT2D eigenvalue weighted by atomic mass is 79.9. The Bertz CT molecular complexity index is 796. The molecule has 2 aromatic rings. The van der Waals surface area contributed by atoms with Gasteiger partial charge in [0.2, 0.25) is 0 Å². The Balaban J connectivity index is 1.49. The summed E-state index contributed by atoms with van der Waals surface area (Å²) < 4.78 is 12.2. The third-order valence-electron chi connectivity index (χ3n) is 4.26. The molecule has 0 unspecified atom stereocenters. The molecule has 1 saturated heterocycles. The zero-order chi connectivity index (χ0) is 18.4. The molecule has 5 nitrogen and oxygen atoms in total. The Hall–Kier alpha value is -2.52. The van der Waals surface area contributed by atoms with Gasteiger partial charge in [0.1, 0.15) is 24.5 Å². The molecule has 0 atom stereocenters. The quantitative estimate of drug-likeness (QED) is 0.738. The average Bonchev–Trinajstić information content (AvgIpc) is 2.68. The number of likely N-dealkylation sites (tertiary alicyclic amines) is 1. The fourth-order valence-electron chi connectivity index (χ4n) is 2.83. The van der Waals surface area contributed by atoms with Crippen LogP contribution < -0.4 is 4.74 Å². The monoisotopic (exact) mass is 414 g/mol. The first-order valence-electron chi connectivity index (χ1n) is 8.47. The number of carbonyl (C=O) groups is 1. The number of nitrogens with zero attached hydrogens (tertiary/aromatic N) is 2. The normalized spacial score (nSPS) is 14.5. The lowest BCUT2D eigenvalue weighted by Crippen LogP contribution is -2.42. The van der Waals surface area contributed by atoms with E-state index in [4.69, 9.17) is 9.47 Å². The maximum Gasteiger partial charge on any atom is 0.410 e. The van der Waals surface area contributed by atoms with E-state index in [1.54, 1.807) is 17.0 Å². The van der Waals surface area contributed by atoms with Gasteiger partial charge in [-0.3, -0.25) is 0 Å². The molecule has 0 spiro atoms. The largest absolute Gasteiger partial charge is 0.489 e. The van der Waals surface area contributed by atoms with E-state index in [-0.39, 0.29) is 18.8 Å². The summed E-state index contributed by atoms with van der Waals surface area (Å²) in [4.78, 5) is 13.9. The highest BCUT2D eigenvalue weighted by Crippen LogP contribution is 2.26. The molecule has 0 radical (unpaired) electrons. The van der Waals surface area contributed by atoms with Gasteiger partial charge < -0.3 is 14.4 Å². The highest BCUT2D eigenvalue weighted by molar-refractivity contribution is 9.10.